The lowest BCUT2D eigenvalue weighted by Gasteiger charge is -2.15. The van der Waals surface area contributed by atoms with Gasteiger partial charge in [-0.05, 0) is 45.2 Å². The number of likely N-dealkylation sites (N-methyl/N-ethyl adjacent to an activating group) is 1. The van der Waals surface area contributed by atoms with Gasteiger partial charge in [0.2, 0.25) is 5.91 Å². The molecule has 0 saturated heterocycles. The van der Waals surface area contributed by atoms with E-state index in [-0.39, 0.29) is 5.91 Å². The van der Waals surface area contributed by atoms with E-state index in [1.165, 1.54) is 17.0 Å². The standard InChI is InChI=1S/C18H27N5OS/c1-13-6-7-14-15(11-13)25-18(20-14)21-17(24)12-22(2)9-4-5-16-19-8-10-23(16)3/h8,10,13H,4-7,9,11-12H2,1-3H3,(H,20,21,24)/t13-/m0/s1. The summed E-state index contributed by atoms with van der Waals surface area (Å²) in [6.45, 7) is 3.54. The smallest absolute Gasteiger partial charge is 0.240 e. The van der Waals surface area contributed by atoms with Gasteiger partial charge in [-0.3, -0.25) is 9.69 Å². The lowest BCUT2D eigenvalue weighted by molar-refractivity contribution is -0.117. The van der Waals surface area contributed by atoms with Crippen LogP contribution in [0, 0.1) is 5.92 Å². The second-order valence-corrected chi connectivity index (χ2v) is 8.16. The second kappa shape index (κ2) is 8.10. The maximum atomic E-state index is 12.2. The van der Waals surface area contributed by atoms with Gasteiger partial charge in [-0.15, -0.1) is 11.3 Å². The van der Waals surface area contributed by atoms with Crippen LogP contribution in [-0.2, 0) is 31.1 Å². The molecule has 2 heterocycles. The molecule has 136 valence electrons. The first-order chi connectivity index (χ1) is 12.0. The molecule has 0 aliphatic heterocycles. The third-order valence-electron chi connectivity index (χ3n) is 4.71. The maximum absolute atomic E-state index is 12.2. The number of amides is 1. The Balaban J connectivity index is 1.42. The molecule has 3 rings (SSSR count). The topological polar surface area (TPSA) is 63.1 Å². The van der Waals surface area contributed by atoms with Crippen LogP contribution in [0.15, 0.2) is 12.4 Å². The van der Waals surface area contributed by atoms with Crippen LogP contribution < -0.4 is 5.32 Å². The van der Waals surface area contributed by atoms with Gasteiger partial charge in [0.15, 0.2) is 5.13 Å². The fraction of sp³-hybridized carbons (Fsp3) is 0.611. The van der Waals surface area contributed by atoms with Gasteiger partial charge in [0.05, 0.1) is 12.2 Å². The van der Waals surface area contributed by atoms with Gasteiger partial charge < -0.3 is 9.88 Å². The molecule has 1 aliphatic rings. The predicted octanol–water partition coefficient (Wildman–Crippen LogP) is 2.50. The third kappa shape index (κ3) is 4.89. The van der Waals surface area contributed by atoms with Gasteiger partial charge >= 0.3 is 0 Å². The average molecular weight is 362 g/mol. The number of aromatic nitrogens is 3. The van der Waals surface area contributed by atoms with Gasteiger partial charge in [-0.2, -0.15) is 0 Å². The molecule has 0 bridgehead atoms. The third-order valence-corrected chi connectivity index (χ3v) is 5.74. The van der Waals surface area contributed by atoms with Crippen LogP contribution in [0.3, 0.4) is 0 Å². The number of hydrogen-bond acceptors (Lipinski definition) is 5. The number of aryl methyl sites for hydroxylation is 3. The molecule has 0 spiro atoms. The lowest BCUT2D eigenvalue weighted by atomic mass is 9.93. The van der Waals surface area contributed by atoms with Crippen molar-refractivity contribution in [2.45, 2.75) is 39.0 Å². The van der Waals surface area contributed by atoms with E-state index in [1.807, 2.05) is 36.0 Å². The summed E-state index contributed by atoms with van der Waals surface area (Å²) in [4.78, 5) is 24.6. The van der Waals surface area contributed by atoms with E-state index in [1.54, 1.807) is 11.3 Å². The molecule has 1 aliphatic carbocycles. The molecule has 1 N–H and O–H groups in total. The Kier molecular flexibility index (Phi) is 5.86. The Labute approximate surface area is 153 Å². The largest absolute Gasteiger partial charge is 0.338 e. The first kappa shape index (κ1) is 18.1. The normalized spacial score (nSPS) is 16.9. The Morgan fingerprint density at radius 2 is 2.36 bits per heavy atom. The molecular weight excluding hydrogens is 334 g/mol. The minimum Gasteiger partial charge on any atom is -0.338 e. The molecule has 1 amide bonds. The number of carbonyl (C=O) groups excluding carboxylic acids is 1. The highest BCUT2D eigenvalue weighted by molar-refractivity contribution is 7.15. The van der Waals surface area contributed by atoms with E-state index in [0.29, 0.717) is 6.54 Å². The monoisotopic (exact) mass is 361 g/mol. The van der Waals surface area contributed by atoms with E-state index in [2.05, 4.69) is 22.2 Å². The Morgan fingerprint density at radius 3 is 3.12 bits per heavy atom. The maximum Gasteiger partial charge on any atom is 0.240 e. The van der Waals surface area contributed by atoms with Crippen LogP contribution in [-0.4, -0.2) is 45.5 Å². The highest BCUT2D eigenvalue weighted by atomic mass is 32.1. The molecule has 2 aromatic rings. The van der Waals surface area contributed by atoms with Gasteiger partial charge in [-0.1, -0.05) is 6.92 Å². The number of carbonyl (C=O) groups is 1. The van der Waals surface area contributed by atoms with Crippen molar-refractivity contribution in [2.75, 3.05) is 25.5 Å². The zero-order chi connectivity index (χ0) is 17.8. The van der Waals surface area contributed by atoms with Crippen molar-refractivity contribution in [3.63, 3.8) is 0 Å². The van der Waals surface area contributed by atoms with Crippen LogP contribution in [0.1, 0.15) is 36.2 Å². The number of rotatable bonds is 7. The molecule has 0 saturated carbocycles. The molecule has 1 atom stereocenters. The number of nitrogens with one attached hydrogen (secondary N) is 1. The predicted molar refractivity (Wildman–Crippen MR) is 101 cm³/mol. The fourth-order valence-electron chi connectivity index (χ4n) is 3.22. The van der Waals surface area contributed by atoms with Crippen molar-refractivity contribution >= 4 is 22.4 Å². The number of hydrogen-bond donors (Lipinski definition) is 1. The molecule has 6 nitrogen and oxygen atoms in total. The SMILES string of the molecule is C[C@H]1CCc2nc(NC(=O)CN(C)CCCc3nccn3C)sc2C1. The molecule has 2 aromatic heterocycles. The summed E-state index contributed by atoms with van der Waals surface area (Å²) in [5.41, 5.74) is 1.18. The molecule has 0 aromatic carbocycles. The van der Waals surface area contributed by atoms with Crippen molar-refractivity contribution < 1.29 is 4.79 Å². The summed E-state index contributed by atoms with van der Waals surface area (Å²) >= 11 is 1.64. The minimum atomic E-state index is 0.0126. The zero-order valence-electron chi connectivity index (χ0n) is 15.3. The van der Waals surface area contributed by atoms with Gasteiger partial charge in [0.1, 0.15) is 5.82 Å². The Bertz CT molecular complexity index is 723. The van der Waals surface area contributed by atoms with Crippen molar-refractivity contribution in [3.8, 4) is 0 Å². The molecular formula is C18H27N5OS. The summed E-state index contributed by atoms with van der Waals surface area (Å²) in [5, 5.41) is 3.72. The first-order valence-electron chi connectivity index (χ1n) is 8.94. The summed E-state index contributed by atoms with van der Waals surface area (Å²) in [5.74, 6) is 1.82. The second-order valence-electron chi connectivity index (χ2n) is 7.08. The molecule has 0 unspecified atom stereocenters. The number of nitrogens with zero attached hydrogens (tertiary/aromatic N) is 4. The Morgan fingerprint density at radius 1 is 1.52 bits per heavy atom. The van der Waals surface area contributed by atoms with E-state index in [9.17, 15) is 4.79 Å². The van der Waals surface area contributed by atoms with Gasteiger partial charge in [-0.25, -0.2) is 9.97 Å². The summed E-state index contributed by atoms with van der Waals surface area (Å²) in [6.07, 6.45) is 9.02. The number of imidazole rings is 1. The number of anilines is 1. The molecule has 7 heteroatoms. The van der Waals surface area contributed by atoms with Crippen LogP contribution in [0.5, 0.6) is 0 Å². The lowest BCUT2D eigenvalue weighted by Crippen LogP contribution is -2.31. The van der Waals surface area contributed by atoms with Crippen LogP contribution in [0.25, 0.3) is 0 Å². The minimum absolute atomic E-state index is 0.0126. The molecule has 25 heavy (non-hydrogen) atoms. The van der Waals surface area contributed by atoms with Crippen LogP contribution in [0.4, 0.5) is 5.13 Å². The van der Waals surface area contributed by atoms with Crippen LogP contribution in [0.2, 0.25) is 0 Å². The zero-order valence-corrected chi connectivity index (χ0v) is 16.1. The van der Waals surface area contributed by atoms with E-state index >= 15 is 0 Å². The van der Waals surface area contributed by atoms with E-state index in [4.69, 9.17) is 0 Å². The van der Waals surface area contributed by atoms with E-state index < -0.39 is 0 Å². The van der Waals surface area contributed by atoms with Gasteiger partial charge in [0, 0.05) is 30.7 Å². The van der Waals surface area contributed by atoms with Crippen molar-refractivity contribution in [3.05, 3.63) is 28.8 Å². The molecule has 0 fully saturated rings. The fourth-order valence-corrected chi connectivity index (χ4v) is 4.41. The van der Waals surface area contributed by atoms with E-state index in [0.717, 1.165) is 49.1 Å². The summed E-state index contributed by atoms with van der Waals surface area (Å²) < 4.78 is 2.04. The van der Waals surface area contributed by atoms with Crippen molar-refractivity contribution in [2.24, 2.45) is 13.0 Å². The molecule has 0 radical (unpaired) electrons. The van der Waals surface area contributed by atoms with Crippen molar-refractivity contribution in [1.82, 2.24) is 19.4 Å². The first-order valence-corrected chi connectivity index (χ1v) is 9.76. The number of thiazole rings is 1. The highest BCUT2D eigenvalue weighted by Gasteiger charge is 2.20. The summed E-state index contributed by atoms with van der Waals surface area (Å²) in [7, 11) is 3.99. The Hall–Kier alpha value is -1.73. The number of fused-ring (bicyclic) bond motifs is 1. The summed E-state index contributed by atoms with van der Waals surface area (Å²) in [6, 6.07) is 0. The van der Waals surface area contributed by atoms with Gasteiger partial charge in [0.25, 0.3) is 0 Å². The average Bonchev–Trinajstić information content (AvgIpc) is 3.12. The highest BCUT2D eigenvalue weighted by Crippen LogP contribution is 2.31. The van der Waals surface area contributed by atoms with Crippen molar-refractivity contribution in [1.29, 1.82) is 0 Å². The van der Waals surface area contributed by atoms with Crippen LogP contribution >= 0.6 is 11.3 Å². The quantitative estimate of drug-likeness (QED) is 0.823.